The van der Waals surface area contributed by atoms with Crippen LogP contribution < -0.4 is 5.32 Å². The number of hydrogen-bond donors (Lipinski definition) is 1. The van der Waals surface area contributed by atoms with Gasteiger partial charge < -0.3 is 33.7 Å². The SMILES string of the molecule is CC(=O)N[C@@H]1[C@@H](OC(C)=O)[C@H](OC(C)=O)[C@@H](COC(C)=O)O[C@H]1C[C@@H]1COC(C)(C)O1. The summed E-state index contributed by atoms with van der Waals surface area (Å²) in [6.45, 7) is 8.57. The Morgan fingerprint density at radius 1 is 0.935 bits per heavy atom. The molecule has 0 aromatic carbocycles. The molecule has 0 aromatic heterocycles. The van der Waals surface area contributed by atoms with E-state index in [1.165, 1.54) is 27.7 Å². The molecule has 0 unspecified atom stereocenters. The third-order valence-electron chi connectivity index (χ3n) is 4.78. The summed E-state index contributed by atoms with van der Waals surface area (Å²) in [5, 5.41) is 2.73. The predicted molar refractivity (Wildman–Crippen MR) is 104 cm³/mol. The lowest BCUT2D eigenvalue weighted by molar-refractivity contribution is -0.228. The number of carbonyl (C=O) groups is 4. The predicted octanol–water partition coefficient (Wildman–Crippen LogP) is 0.227. The van der Waals surface area contributed by atoms with Gasteiger partial charge in [0.15, 0.2) is 18.0 Å². The molecule has 2 rings (SSSR count). The highest BCUT2D eigenvalue weighted by Gasteiger charge is 2.51. The van der Waals surface area contributed by atoms with Gasteiger partial charge in [0.1, 0.15) is 12.7 Å². The van der Waals surface area contributed by atoms with E-state index in [0.717, 1.165) is 0 Å². The average molecular weight is 445 g/mol. The number of esters is 3. The molecule has 0 spiro atoms. The fraction of sp³-hybridized carbons (Fsp3) is 0.800. The van der Waals surface area contributed by atoms with Crippen LogP contribution in [0.15, 0.2) is 0 Å². The van der Waals surface area contributed by atoms with Gasteiger partial charge in [-0.25, -0.2) is 0 Å². The van der Waals surface area contributed by atoms with E-state index < -0.39 is 54.2 Å². The van der Waals surface area contributed by atoms with Gasteiger partial charge in [-0.2, -0.15) is 0 Å². The number of ether oxygens (including phenoxy) is 6. The van der Waals surface area contributed by atoms with Gasteiger partial charge in [-0.05, 0) is 13.8 Å². The molecule has 2 saturated heterocycles. The van der Waals surface area contributed by atoms with Crippen molar-refractivity contribution in [1.29, 1.82) is 0 Å². The molecule has 176 valence electrons. The van der Waals surface area contributed by atoms with Crippen molar-refractivity contribution in [1.82, 2.24) is 5.32 Å². The first-order valence-electron chi connectivity index (χ1n) is 10.1. The van der Waals surface area contributed by atoms with Gasteiger partial charge in [0, 0.05) is 34.1 Å². The summed E-state index contributed by atoms with van der Waals surface area (Å²) in [7, 11) is 0. The molecule has 2 aliphatic heterocycles. The quantitative estimate of drug-likeness (QED) is 0.428. The van der Waals surface area contributed by atoms with Crippen LogP contribution in [0.3, 0.4) is 0 Å². The van der Waals surface area contributed by atoms with Crippen molar-refractivity contribution in [3.05, 3.63) is 0 Å². The number of carbonyl (C=O) groups excluding carboxylic acids is 4. The zero-order valence-corrected chi connectivity index (χ0v) is 18.7. The molecule has 1 amide bonds. The van der Waals surface area contributed by atoms with Crippen LogP contribution in [0, 0.1) is 0 Å². The molecule has 2 fully saturated rings. The molecule has 31 heavy (non-hydrogen) atoms. The normalized spacial score (nSPS) is 32.1. The molecular weight excluding hydrogens is 414 g/mol. The summed E-state index contributed by atoms with van der Waals surface area (Å²) in [5.74, 6) is -2.99. The number of amides is 1. The van der Waals surface area contributed by atoms with Crippen LogP contribution in [0.25, 0.3) is 0 Å². The van der Waals surface area contributed by atoms with Gasteiger partial charge in [0.05, 0.1) is 24.9 Å². The molecule has 6 atom stereocenters. The van der Waals surface area contributed by atoms with Crippen LogP contribution in [0.1, 0.15) is 48.0 Å². The van der Waals surface area contributed by atoms with E-state index in [4.69, 9.17) is 28.4 Å². The highest BCUT2D eigenvalue weighted by molar-refractivity contribution is 5.73. The lowest BCUT2D eigenvalue weighted by Gasteiger charge is -2.45. The average Bonchev–Trinajstić information content (AvgIpc) is 2.95. The van der Waals surface area contributed by atoms with Gasteiger partial charge in [0.2, 0.25) is 5.91 Å². The third kappa shape index (κ3) is 7.44. The van der Waals surface area contributed by atoms with Crippen molar-refractivity contribution >= 4 is 23.8 Å². The van der Waals surface area contributed by atoms with Crippen molar-refractivity contribution in [2.24, 2.45) is 0 Å². The van der Waals surface area contributed by atoms with E-state index in [2.05, 4.69) is 5.32 Å². The molecular formula is C20H31NO10. The molecule has 1 N–H and O–H groups in total. The maximum Gasteiger partial charge on any atom is 0.303 e. The summed E-state index contributed by atoms with van der Waals surface area (Å²) in [4.78, 5) is 46.8. The first-order valence-corrected chi connectivity index (χ1v) is 10.1. The lowest BCUT2D eigenvalue weighted by atomic mass is 9.89. The summed E-state index contributed by atoms with van der Waals surface area (Å²) >= 11 is 0. The maximum absolute atomic E-state index is 11.9. The van der Waals surface area contributed by atoms with Crippen LogP contribution in [0.2, 0.25) is 0 Å². The molecule has 0 bridgehead atoms. The van der Waals surface area contributed by atoms with Crippen molar-refractivity contribution in [3.8, 4) is 0 Å². The van der Waals surface area contributed by atoms with Crippen LogP contribution in [-0.2, 0) is 47.6 Å². The second-order valence-electron chi connectivity index (χ2n) is 8.08. The second-order valence-corrected chi connectivity index (χ2v) is 8.08. The minimum absolute atomic E-state index is 0.234. The van der Waals surface area contributed by atoms with Gasteiger partial charge in [-0.1, -0.05) is 0 Å². The largest absolute Gasteiger partial charge is 0.463 e. The number of hydrogen-bond acceptors (Lipinski definition) is 10. The van der Waals surface area contributed by atoms with Crippen molar-refractivity contribution in [3.63, 3.8) is 0 Å². The van der Waals surface area contributed by atoms with Crippen molar-refractivity contribution < 1.29 is 47.6 Å². The Balaban J connectivity index is 2.35. The summed E-state index contributed by atoms with van der Waals surface area (Å²) in [6.07, 6.45) is -3.87. The molecule has 11 heteroatoms. The van der Waals surface area contributed by atoms with Crippen molar-refractivity contribution in [2.75, 3.05) is 13.2 Å². The Bertz CT molecular complexity index is 693. The monoisotopic (exact) mass is 445 g/mol. The van der Waals surface area contributed by atoms with E-state index in [1.807, 2.05) is 0 Å². The van der Waals surface area contributed by atoms with Gasteiger partial charge in [0.25, 0.3) is 0 Å². The lowest BCUT2D eigenvalue weighted by Crippen LogP contribution is -2.66. The van der Waals surface area contributed by atoms with Gasteiger partial charge in [-0.15, -0.1) is 0 Å². The molecule has 2 heterocycles. The molecule has 0 saturated carbocycles. The highest BCUT2D eigenvalue weighted by atomic mass is 16.7. The zero-order chi connectivity index (χ0) is 23.3. The van der Waals surface area contributed by atoms with E-state index in [-0.39, 0.29) is 25.0 Å². The van der Waals surface area contributed by atoms with Crippen LogP contribution in [-0.4, -0.2) is 79.4 Å². The fourth-order valence-corrected chi connectivity index (χ4v) is 3.76. The van der Waals surface area contributed by atoms with E-state index >= 15 is 0 Å². The Morgan fingerprint density at radius 3 is 2.03 bits per heavy atom. The number of rotatable bonds is 7. The van der Waals surface area contributed by atoms with Crippen LogP contribution >= 0.6 is 0 Å². The van der Waals surface area contributed by atoms with E-state index in [1.54, 1.807) is 13.8 Å². The Labute approximate surface area is 181 Å². The topological polar surface area (TPSA) is 136 Å². The molecule has 0 aliphatic carbocycles. The zero-order valence-electron chi connectivity index (χ0n) is 18.7. The van der Waals surface area contributed by atoms with E-state index in [9.17, 15) is 19.2 Å². The molecule has 2 aliphatic rings. The number of nitrogens with one attached hydrogen (secondary N) is 1. The fourth-order valence-electron chi connectivity index (χ4n) is 3.76. The Hall–Kier alpha value is -2.24. The maximum atomic E-state index is 11.9. The molecule has 0 aromatic rings. The standard InChI is InChI=1S/C20H31NO10/c1-10(22)21-17-15(7-14-8-27-20(5,6)31-14)30-16(9-26-11(2)23)18(28-12(3)24)19(17)29-13(4)25/h14-19H,7-9H2,1-6H3,(H,21,22)/t14-,15+,16-,17+,18-,19-/m1/s1. The van der Waals surface area contributed by atoms with Crippen molar-refractivity contribution in [2.45, 2.75) is 90.3 Å². The van der Waals surface area contributed by atoms with Gasteiger partial charge in [-0.3, -0.25) is 19.2 Å². The Morgan fingerprint density at radius 2 is 1.55 bits per heavy atom. The molecule has 0 radical (unpaired) electrons. The second kappa shape index (κ2) is 10.4. The first-order chi connectivity index (χ1) is 14.4. The smallest absolute Gasteiger partial charge is 0.303 e. The summed E-state index contributed by atoms with van der Waals surface area (Å²) in [6, 6.07) is -0.841. The summed E-state index contributed by atoms with van der Waals surface area (Å²) in [5.41, 5.74) is 0. The first kappa shape index (κ1) is 25.0. The van der Waals surface area contributed by atoms with E-state index in [0.29, 0.717) is 6.61 Å². The van der Waals surface area contributed by atoms with Crippen LogP contribution in [0.4, 0.5) is 0 Å². The minimum atomic E-state index is -1.11. The Kier molecular flexibility index (Phi) is 8.38. The van der Waals surface area contributed by atoms with Crippen LogP contribution in [0.5, 0.6) is 0 Å². The molecule has 11 nitrogen and oxygen atoms in total. The minimum Gasteiger partial charge on any atom is -0.463 e. The third-order valence-corrected chi connectivity index (χ3v) is 4.78. The highest BCUT2D eigenvalue weighted by Crippen LogP contribution is 2.32. The summed E-state index contributed by atoms with van der Waals surface area (Å²) < 4.78 is 33.5. The van der Waals surface area contributed by atoms with Gasteiger partial charge >= 0.3 is 17.9 Å².